The number of aryl methyl sites for hydroxylation is 1. The molecule has 1 N–H and O–H groups in total. The lowest BCUT2D eigenvalue weighted by Gasteiger charge is -2.11. The first-order valence-corrected chi connectivity index (χ1v) is 9.98. The molecule has 0 spiro atoms. The molecule has 0 fully saturated rings. The summed E-state index contributed by atoms with van der Waals surface area (Å²) < 4.78 is 17.0. The molecular formula is C21H17BrFN5O2. The van der Waals surface area contributed by atoms with Crippen LogP contribution in [0.3, 0.4) is 0 Å². The molecule has 0 aliphatic heterocycles. The van der Waals surface area contributed by atoms with Gasteiger partial charge in [0.15, 0.2) is 5.65 Å². The summed E-state index contributed by atoms with van der Waals surface area (Å²) in [4.78, 5) is 29.7. The van der Waals surface area contributed by atoms with Gasteiger partial charge >= 0.3 is 0 Å². The van der Waals surface area contributed by atoms with Gasteiger partial charge in [0, 0.05) is 23.1 Å². The number of aromatic nitrogens is 4. The summed E-state index contributed by atoms with van der Waals surface area (Å²) in [6.45, 7) is 1.89. The lowest BCUT2D eigenvalue weighted by atomic mass is 10.3. The Labute approximate surface area is 179 Å². The van der Waals surface area contributed by atoms with E-state index >= 15 is 0 Å². The van der Waals surface area contributed by atoms with Crippen LogP contribution in [-0.4, -0.2) is 25.2 Å². The Balaban J connectivity index is 1.57. The van der Waals surface area contributed by atoms with Crippen LogP contribution in [0.25, 0.3) is 16.7 Å². The number of amides is 1. The highest BCUT2D eigenvalue weighted by Crippen LogP contribution is 2.17. The molecule has 0 aliphatic rings. The molecule has 152 valence electrons. The SMILES string of the molecule is Cc1nc2c(cnn2-c2ccc(F)cc2)c(=O)n1CCC(=O)Nc1cccc(Br)c1. The van der Waals surface area contributed by atoms with Gasteiger partial charge in [-0.05, 0) is 49.4 Å². The fraction of sp³-hybridized carbons (Fsp3) is 0.143. The van der Waals surface area contributed by atoms with Crippen molar-refractivity contribution in [2.75, 3.05) is 5.32 Å². The molecule has 2 aromatic heterocycles. The van der Waals surface area contributed by atoms with Crippen LogP contribution in [0.5, 0.6) is 0 Å². The van der Waals surface area contributed by atoms with Crippen LogP contribution in [-0.2, 0) is 11.3 Å². The number of anilines is 1. The second-order valence-electron chi connectivity index (χ2n) is 6.69. The van der Waals surface area contributed by atoms with E-state index in [1.807, 2.05) is 12.1 Å². The third-order valence-corrected chi connectivity index (χ3v) is 5.11. The van der Waals surface area contributed by atoms with Gasteiger partial charge in [0.1, 0.15) is 17.0 Å². The Bertz CT molecular complexity index is 1300. The predicted octanol–water partition coefficient (Wildman–Crippen LogP) is 3.82. The van der Waals surface area contributed by atoms with Crippen molar-refractivity contribution in [3.8, 4) is 5.69 Å². The van der Waals surface area contributed by atoms with Crippen molar-refractivity contribution >= 4 is 38.6 Å². The highest BCUT2D eigenvalue weighted by molar-refractivity contribution is 9.10. The molecule has 4 aromatic rings. The van der Waals surface area contributed by atoms with Crippen LogP contribution in [0.2, 0.25) is 0 Å². The van der Waals surface area contributed by atoms with Crippen molar-refractivity contribution in [1.29, 1.82) is 0 Å². The summed E-state index contributed by atoms with van der Waals surface area (Å²) >= 11 is 3.36. The van der Waals surface area contributed by atoms with E-state index in [1.54, 1.807) is 31.2 Å². The predicted molar refractivity (Wildman–Crippen MR) is 115 cm³/mol. The summed E-state index contributed by atoms with van der Waals surface area (Å²) in [5, 5.41) is 7.37. The summed E-state index contributed by atoms with van der Waals surface area (Å²) in [6, 6.07) is 13.1. The minimum atomic E-state index is -0.358. The number of rotatable bonds is 5. The van der Waals surface area contributed by atoms with E-state index in [0.717, 1.165) is 4.47 Å². The molecule has 0 bridgehead atoms. The van der Waals surface area contributed by atoms with Crippen molar-refractivity contribution < 1.29 is 9.18 Å². The molecule has 0 atom stereocenters. The van der Waals surface area contributed by atoms with Gasteiger partial charge in [0.05, 0.1) is 11.9 Å². The van der Waals surface area contributed by atoms with E-state index in [0.29, 0.717) is 28.2 Å². The molecule has 30 heavy (non-hydrogen) atoms. The van der Waals surface area contributed by atoms with E-state index in [-0.39, 0.29) is 30.2 Å². The number of hydrogen-bond acceptors (Lipinski definition) is 4. The molecule has 7 nitrogen and oxygen atoms in total. The molecule has 0 saturated carbocycles. The Morgan fingerprint density at radius 1 is 1.20 bits per heavy atom. The van der Waals surface area contributed by atoms with Crippen molar-refractivity contribution in [1.82, 2.24) is 19.3 Å². The molecule has 2 heterocycles. The van der Waals surface area contributed by atoms with E-state index < -0.39 is 0 Å². The Morgan fingerprint density at radius 2 is 1.97 bits per heavy atom. The minimum Gasteiger partial charge on any atom is -0.326 e. The van der Waals surface area contributed by atoms with Gasteiger partial charge in [-0.2, -0.15) is 5.10 Å². The van der Waals surface area contributed by atoms with E-state index in [9.17, 15) is 14.0 Å². The molecule has 1 amide bonds. The molecule has 0 aliphatic carbocycles. The molecular weight excluding hydrogens is 453 g/mol. The number of benzene rings is 2. The fourth-order valence-corrected chi connectivity index (χ4v) is 3.54. The lowest BCUT2D eigenvalue weighted by molar-refractivity contribution is -0.116. The maximum Gasteiger partial charge on any atom is 0.264 e. The molecule has 9 heteroatoms. The minimum absolute atomic E-state index is 0.118. The number of carbonyl (C=O) groups excluding carboxylic acids is 1. The highest BCUT2D eigenvalue weighted by atomic mass is 79.9. The summed E-state index contributed by atoms with van der Waals surface area (Å²) in [5.41, 5.74) is 1.39. The number of nitrogens with one attached hydrogen (secondary N) is 1. The summed E-state index contributed by atoms with van der Waals surface area (Å²) in [5.74, 6) is -0.101. The quantitative estimate of drug-likeness (QED) is 0.481. The van der Waals surface area contributed by atoms with Gasteiger partial charge in [-0.25, -0.2) is 14.1 Å². The zero-order valence-electron chi connectivity index (χ0n) is 16.0. The van der Waals surface area contributed by atoms with Gasteiger partial charge in [0.25, 0.3) is 5.56 Å². The average molecular weight is 470 g/mol. The van der Waals surface area contributed by atoms with Crippen LogP contribution in [0, 0.1) is 12.7 Å². The summed E-state index contributed by atoms with van der Waals surface area (Å²) in [6.07, 6.45) is 1.55. The van der Waals surface area contributed by atoms with E-state index in [4.69, 9.17) is 0 Å². The number of hydrogen-bond donors (Lipinski definition) is 1. The average Bonchev–Trinajstić information content (AvgIpc) is 3.12. The van der Waals surface area contributed by atoms with Crippen molar-refractivity contribution in [2.24, 2.45) is 0 Å². The number of fused-ring (bicyclic) bond motifs is 1. The third kappa shape index (κ3) is 4.02. The zero-order valence-corrected chi connectivity index (χ0v) is 17.6. The van der Waals surface area contributed by atoms with Crippen molar-refractivity contribution in [3.63, 3.8) is 0 Å². The number of nitrogens with zero attached hydrogens (tertiary/aromatic N) is 4. The van der Waals surface area contributed by atoms with Gasteiger partial charge in [0.2, 0.25) is 5.91 Å². The molecule has 0 radical (unpaired) electrons. The highest BCUT2D eigenvalue weighted by Gasteiger charge is 2.15. The summed E-state index contributed by atoms with van der Waals surface area (Å²) in [7, 11) is 0. The molecule has 4 rings (SSSR count). The largest absolute Gasteiger partial charge is 0.326 e. The van der Waals surface area contributed by atoms with Gasteiger partial charge in [-0.3, -0.25) is 14.2 Å². The Hall–Kier alpha value is -3.33. The standard InChI is InChI=1S/C21H17BrFN5O2/c1-13-25-20-18(12-24-28(20)17-7-5-15(23)6-8-17)21(30)27(13)10-9-19(29)26-16-4-2-3-14(22)11-16/h2-8,11-12H,9-10H2,1H3,(H,26,29). The van der Waals surface area contributed by atoms with Gasteiger partial charge < -0.3 is 5.32 Å². The maximum atomic E-state index is 13.2. The number of halogens is 2. The number of carbonyl (C=O) groups is 1. The first kappa shape index (κ1) is 20.0. The Morgan fingerprint density at radius 3 is 2.70 bits per heavy atom. The van der Waals surface area contributed by atoms with Crippen LogP contribution in [0.4, 0.5) is 10.1 Å². The third-order valence-electron chi connectivity index (χ3n) is 4.62. The van der Waals surface area contributed by atoms with Gasteiger partial charge in [-0.15, -0.1) is 0 Å². The first-order chi connectivity index (χ1) is 14.4. The maximum absolute atomic E-state index is 13.2. The van der Waals surface area contributed by atoms with E-state index in [2.05, 4.69) is 31.3 Å². The van der Waals surface area contributed by atoms with Gasteiger partial charge in [-0.1, -0.05) is 22.0 Å². The topological polar surface area (TPSA) is 81.8 Å². The smallest absolute Gasteiger partial charge is 0.264 e. The Kier molecular flexibility index (Phi) is 5.45. The fourth-order valence-electron chi connectivity index (χ4n) is 3.14. The lowest BCUT2D eigenvalue weighted by Crippen LogP contribution is -2.26. The van der Waals surface area contributed by atoms with Crippen molar-refractivity contribution in [3.05, 3.63) is 81.2 Å². The van der Waals surface area contributed by atoms with E-state index in [1.165, 1.54) is 27.6 Å². The molecule has 0 saturated heterocycles. The van der Waals surface area contributed by atoms with Crippen LogP contribution < -0.4 is 10.9 Å². The first-order valence-electron chi connectivity index (χ1n) is 9.19. The van der Waals surface area contributed by atoms with Crippen molar-refractivity contribution in [2.45, 2.75) is 19.9 Å². The van der Waals surface area contributed by atoms with Crippen LogP contribution >= 0.6 is 15.9 Å². The molecule has 0 unspecified atom stereocenters. The monoisotopic (exact) mass is 469 g/mol. The van der Waals surface area contributed by atoms with Crippen LogP contribution in [0.15, 0.2) is 64.0 Å². The second kappa shape index (κ2) is 8.19. The van der Waals surface area contributed by atoms with Crippen LogP contribution in [0.1, 0.15) is 12.2 Å². The molecule has 2 aromatic carbocycles. The zero-order chi connectivity index (χ0) is 21.3. The normalized spacial score (nSPS) is 11.0. The second-order valence-corrected chi connectivity index (χ2v) is 7.61.